The predicted molar refractivity (Wildman–Crippen MR) is 73.4 cm³/mol. The molecule has 0 amide bonds. The van der Waals surface area contributed by atoms with E-state index in [1.54, 1.807) is 0 Å². The van der Waals surface area contributed by atoms with Crippen molar-refractivity contribution in [2.45, 2.75) is 0 Å². The second kappa shape index (κ2) is 3.94. The molecule has 0 N–H and O–H groups in total. The third-order valence-corrected chi connectivity index (χ3v) is 3.28. The van der Waals surface area contributed by atoms with Gasteiger partial charge in [0.05, 0.1) is 0 Å². The molecule has 0 saturated heterocycles. The normalized spacial score (nSPS) is 10.9. The molecule has 0 bridgehead atoms. The van der Waals surface area contributed by atoms with Crippen molar-refractivity contribution >= 4 is 22.5 Å². The second-order valence-corrected chi connectivity index (χ2v) is 4.65. The number of hydrogen-bond acceptors (Lipinski definition) is 0. The molecule has 17 heavy (non-hydrogen) atoms. The lowest BCUT2D eigenvalue weighted by molar-refractivity contribution is 0.969. The van der Waals surface area contributed by atoms with Crippen LogP contribution in [-0.2, 0) is 7.05 Å². The first-order valence-corrected chi connectivity index (χ1v) is 5.93. The number of hydrogen-bond donors (Lipinski definition) is 0. The topological polar surface area (TPSA) is 4.93 Å². The number of nitrogens with zero attached hydrogens (tertiary/aromatic N) is 1. The molecule has 1 nitrogen and oxygen atoms in total. The first-order valence-electron chi connectivity index (χ1n) is 5.55. The van der Waals surface area contributed by atoms with Crippen LogP contribution in [0.5, 0.6) is 0 Å². The van der Waals surface area contributed by atoms with E-state index >= 15 is 0 Å². The van der Waals surface area contributed by atoms with Crippen LogP contribution in [0.2, 0.25) is 5.02 Å². The fourth-order valence-electron chi connectivity index (χ4n) is 2.13. The Hall–Kier alpha value is -1.73. The molecular weight excluding hydrogens is 230 g/mol. The Morgan fingerprint density at radius 3 is 2.59 bits per heavy atom. The highest BCUT2D eigenvalue weighted by Gasteiger charge is 2.02. The van der Waals surface area contributed by atoms with Crippen molar-refractivity contribution in [3.05, 3.63) is 59.8 Å². The summed E-state index contributed by atoms with van der Waals surface area (Å²) in [6, 6.07) is 16.5. The van der Waals surface area contributed by atoms with E-state index in [1.807, 2.05) is 18.2 Å². The summed E-state index contributed by atoms with van der Waals surface area (Å²) in [5.41, 5.74) is 3.60. The highest BCUT2D eigenvalue weighted by atomic mass is 35.5. The van der Waals surface area contributed by atoms with Gasteiger partial charge in [0.1, 0.15) is 0 Å². The highest BCUT2D eigenvalue weighted by molar-refractivity contribution is 6.30. The van der Waals surface area contributed by atoms with Gasteiger partial charge in [-0.25, -0.2) is 0 Å². The van der Waals surface area contributed by atoms with E-state index in [4.69, 9.17) is 11.6 Å². The molecule has 0 atom stereocenters. The Balaban J connectivity index is 2.18. The lowest BCUT2D eigenvalue weighted by Gasteiger charge is -2.03. The van der Waals surface area contributed by atoms with Gasteiger partial charge in [0.15, 0.2) is 0 Å². The van der Waals surface area contributed by atoms with Gasteiger partial charge >= 0.3 is 0 Å². The molecule has 3 rings (SSSR count). The number of fused-ring (bicyclic) bond motifs is 1. The summed E-state index contributed by atoms with van der Waals surface area (Å²) in [5.74, 6) is 0. The average molecular weight is 242 g/mol. The number of benzene rings is 2. The van der Waals surface area contributed by atoms with Gasteiger partial charge < -0.3 is 4.57 Å². The van der Waals surface area contributed by atoms with Crippen molar-refractivity contribution in [2.24, 2.45) is 7.05 Å². The van der Waals surface area contributed by atoms with E-state index in [9.17, 15) is 0 Å². The molecule has 0 fully saturated rings. The zero-order valence-electron chi connectivity index (χ0n) is 9.52. The van der Waals surface area contributed by atoms with Gasteiger partial charge in [-0.3, -0.25) is 0 Å². The second-order valence-electron chi connectivity index (χ2n) is 4.21. The number of aromatic nitrogens is 1. The van der Waals surface area contributed by atoms with E-state index in [1.165, 1.54) is 16.5 Å². The van der Waals surface area contributed by atoms with Crippen LogP contribution in [0.25, 0.3) is 22.0 Å². The SMILES string of the molecule is Cn1ccc2cc(-c3cccc(Cl)c3)ccc21. The van der Waals surface area contributed by atoms with E-state index in [0.717, 1.165) is 10.6 Å². The van der Waals surface area contributed by atoms with E-state index in [-0.39, 0.29) is 0 Å². The molecule has 0 aliphatic rings. The lowest BCUT2D eigenvalue weighted by Crippen LogP contribution is -1.83. The van der Waals surface area contributed by atoms with Gasteiger partial charge in [-0.05, 0) is 41.5 Å². The van der Waals surface area contributed by atoms with Crippen molar-refractivity contribution in [2.75, 3.05) is 0 Å². The van der Waals surface area contributed by atoms with Gasteiger partial charge in [0.25, 0.3) is 0 Å². The van der Waals surface area contributed by atoms with Gasteiger partial charge in [-0.2, -0.15) is 0 Å². The molecule has 2 aromatic carbocycles. The van der Waals surface area contributed by atoms with Crippen molar-refractivity contribution < 1.29 is 0 Å². The summed E-state index contributed by atoms with van der Waals surface area (Å²) in [4.78, 5) is 0. The van der Waals surface area contributed by atoms with Gasteiger partial charge in [0, 0.05) is 29.2 Å². The Labute approximate surface area is 105 Å². The molecule has 0 radical (unpaired) electrons. The zero-order chi connectivity index (χ0) is 11.8. The van der Waals surface area contributed by atoms with E-state index in [2.05, 4.69) is 48.1 Å². The molecule has 0 saturated carbocycles. The summed E-state index contributed by atoms with van der Waals surface area (Å²) in [7, 11) is 2.06. The molecular formula is C15H12ClN. The molecule has 0 unspecified atom stereocenters. The minimum Gasteiger partial charge on any atom is -0.351 e. The summed E-state index contributed by atoms with van der Waals surface area (Å²) < 4.78 is 2.12. The Morgan fingerprint density at radius 2 is 1.76 bits per heavy atom. The fraction of sp³-hybridized carbons (Fsp3) is 0.0667. The third-order valence-electron chi connectivity index (χ3n) is 3.04. The van der Waals surface area contributed by atoms with Gasteiger partial charge in [-0.1, -0.05) is 29.8 Å². The molecule has 0 aliphatic carbocycles. The number of rotatable bonds is 1. The van der Waals surface area contributed by atoms with Crippen LogP contribution in [0.1, 0.15) is 0 Å². The van der Waals surface area contributed by atoms with Crippen molar-refractivity contribution in [1.29, 1.82) is 0 Å². The Kier molecular flexibility index (Phi) is 2.41. The first-order chi connectivity index (χ1) is 8.24. The minimum absolute atomic E-state index is 0.774. The molecule has 1 aromatic heterocycles. The van der Waals surface area contributed by atoms with Crippen molar-refractivity contribution in [3.63, 3.8) is 0 Å². The van der Waals surface area contributed by atoms with Gasteiger partial charge in [0.2, 0.25) is 0 Å². The van der Waals surface area contributed by atoms with Crippen LogP contribution >= 0.6 is 11.6 Å². The van der Waals surface area contributed by atoms with Gasteiger partial charge in [-0.15, -0.1) is 0 Å². The lowest BCUT2D eigenvalue weighted by atomic mass is 10.0. The average Bonchev–Trinajstić information content (AvgIpc) is 2.71. The van der Waals surface area contributed by atoms with Crippen LogP contribution in [0.4, 0.5) is 0 Å². The number of halogens is 1. The largest absolute Gasteiger partial charge is 0.351 e. The molecule has 0 spiro atoms. The quantitative estimate of drug-likeness (QED) is 0.591. The maximum absolute atomic E-state index is 6.01. The molecule has 2 heteroatoms. The maximum Gasteiger partial charge on any atom is 0.0478 e. The summed E-state index contributed by atoms with van der Waals surface area (Å²) >= 11 is 6.01. The highest BCUT2D eigenvalue weighted by Crippen LogP contribution is 2.26. The fourth-order valence-corrected chi connectivity index (χ4v) is 2.32. The van der Waals surface area contributed by atoms with Crippen molar-refractivity contribution in [1.82, 2.24) is 4.57 Å². The molecule has 0 aliphatic heterocycles. The first kappa shape index (κ1) is 10.4. The Morgan fingerprint density at radius 1 is 0.941 bits per heavy atom. The monoisotopic (exact) mass is 241 g/mol. The van der Waals surface area contributed by atoms with Crippen LogP contribution in [0.3, 0.4) is 0 Å². The number of aryl methyl sites for hydroxylation is 1. The smallest absolute Gasteiger partial charge is 0.0478 e. The summed E-state index contributed by atoms with van der Waals surface area (Å²) in [6.45, 7) is 0. The predicted octanol–water partition coefficient (Wildman–Crippen LogP) is 4.50. The zero-order valence-corrected chi connectivity index (χ0v) is 10.3. The molecule has 3 aromatic rings. The van der Waals surface area contributed by atoms with Crippen LogP contribution in [0.15, 0.2) is 54.7 Å². The van der Waals surface area contributed by atoms with Crippen LogP contribution in [-0.4, -0.2) is 4.57 Å². The van der Waals surface area contributed by atoms with Crippen molar-refractivity contribution in [3.8, 4) is 11.1 Å². The van der Waals surface area contributed by atoms with Crippen LogP contribution < -0.4 is 0 Å². The maximum atomic E-state index is 6.01. The van der Waals surface area contributed by atoms with E-state index < -0.39 is 0 Å². The standard InChI is InChI=1S/C15H12ClN/c1-17-8-7-13-9-12(5-6-15(13)17)11-3-2-4-14(16)10-11/h2-10H,1H3. The summed E-state index contributed by atoms with van der Waals surface area (Å²) in [6.07, 6.45) is 2.08. The minimum atomic E-state index is 0.774. The third kappa shape index (κ3) is 1.83. The molecule has 1 heterocycles. The summed E-state index contributed by atoms with van der Waals surface area (Å²) in [5, 5.41) is 2.03. The molecule has 84 valence electrons. The Bertz CT molecular complexity index is 682. The van der Waals surface area contributed by atoms with E-state index in [0.29, 0.717) is 0 Å². The van der Waals surface area contributed by atoms with Crippen LogP contribution in [0, 0.1) is 0 Å².